The molecule has 6 rings (SSSR count). The summed E-state index contributed by atoms with van der Waals surface area (Å²) in [5.74, 6) is 0.840. The van der Waals surface area contributed by atoms with Gasteiger partial charge in [-0.25, -0.2) is 9.97 Å². The van der Waals surface area contributed by atoms with Crippen molar-refractivity contribution in [3.05, 3.63) is 95.4 Å². The lowest BCUT2D eigenvalue weighted by atomic mass is 10.00. The molecule has 5 aromatic rings. The number of pyridine rings is 2. The highest BCUT2D eigenvalue weighted by Gasteiger charge is 2.17. The van der Waals surface area contributed by atoms with Gasteiger partial charge >= 0.3 is 0 Å². The molecule has 5 heteroatoms. The van der Waals surface area contributed by atoms with E-state index in [9.17, 15) is 0 Å². The third-order valence-electron chi connectivity index (χ3n) is 6.50. The molecule has 0 unspecified atom stereocenters. The van der Waals surface area contributed by atoms with Crippen LogP contribution in [0.3, 0.4) is 0 Å². The number of para-hydroxylation sites is 1. The monoisotopic (exact) mass is 434 g/mol. The van der Waals surface area contributed by atoms with Crippen molar-refractivity contribution >= 4 is 16.6 Å². The summed E-state index contributed by atoms with van der Waals surface area (Å²) in [5, 5.41) is 4.79. The Morgan fingerprint density at radius 2 is 1.79 bits per heavy atom. The maximum absolute atomic E-state index is 5.68. The molecule has 0 saturated heterocycles. The van der Waals surface area contributed by atoms with Crippen LogP contribution in [0.2, 0.25) is 0 Å². The Bertz CT molecular complexity index is 1440. The van der Waals surface area contributed by atoms with Crippen molar-refractivity contribution in [1.82, 2.24) is 19.7 Å². The highest BCUT2D eigenvalue weighted by atomic mass is 16.5. The smallest absolute Gasteiger partial charge is 0.137 e. The van der Waals surface area contributed by atoms with E-state index in [0.717, 1.165) is 45.8 Å². The van der Waals surface area contributed by atoms with Crippen molar-refractivity contribution in [3.8, 4) is 17.0 Å². The molecule has 1 aliphatic rings. The van der Waals surface area contributed by atoms with Crippen LogP contribution in [-0.2, 0) is 25.9 Å². The molecule has 33 heavy (non-hydrogen) atoms. The van der Waals surface area contributed by atoms with Gasteiger partial charge in [-0.2, -0.15) is 0 Å². The van der Waals surface area contributed by atoms with Gasteiger partial charge in [0.15, 0.2) is 0 Å². The number of ether oxygens (including phenoxy) is 1. The first-order valence-electron chi connectivity index (χ1n) is 11.5. The van der Waals surface area contributed by atoms with Crippen LogP contribution in [0.15, 0.2) is 73.1 Å². The zero-order valence-electron chi connectivity index (χ0n) is 18.7. The summed E-state index contributed by atoms with van der Waals surface area (Å²) >= 11 is 0. The normalized spacial score (nSPS) is 13.0. The van der Waals surface area contributed by atoms with Crippen molar-refractivity contribution in [2.75, 3.05) is 7.11 Å². The van der Waals surface area contributed by atoms with Gasteiger partial charge < -0.3 is 14.5 Å². The Morgan fingerprint density at radius 1 is 0.939 bits per heavy atom. The fourth-order valence-electron chi connectivity index (χ4n) is 4.90. The van der Waals surface area contributed by atoms with E-state index in [-0.39, 0.29) is 0 Å². The van der Waals surface area contributed by atoms with Crippen molar-refractivity contribution in [2.24, 2.45) is 0 Å². The van der Waals surface area contributed by atoms with E-state index >= 15 is 0 Å². The molecule has 1 N–H and O–H groups in total. The summed E-state index contributed by atoms with van der Waals surface area (Å²) < 4.78 is 7.73. The zero-order chi connectivity index (χ0) is 22.2. The van der Waals surface area contributed by atoms with E-state index in [2.05, 4.69) is 40.2 Å². The second-order valence-corrected chi connectivity index (χ2v) is 8.67. The molecule has 0 aliphatic heterocycles. The second-order valence-electron chi connectivity index (χ2n) is 8.67. The molecule has 0 bridgehead atoms. The third kappa shape index (κ3) is 3.74. The number of fused-ring (bicyclic) bond motifs is 3. The van der Waals surface area contributed by atoms with Crippen LogP contribution in [0, 0.1) is 0 Å². The Hall–Kier alpha value is -3.70. The number of imidazole rings is 1. The predicted molar refractivity (Wildman–Crippen MR) is 131 cm³/mol. The molecule has 0 saturated carbocycles. The number of nitrogens with one attached hydrogen (secondary N) is 1. The van der Waals surface area contributed by atoms with Gasteiger partial charge in [0.05, 0.1) is 24.0 Å². The minimum atomic E-state index is 0.690. The standard InChI is InChI=1S/C28H26N4O/c1-33-26-10-3-2-9-24(26)28-22(14-21-13-19-7-6-8-20(19)15-25(21)31-28)16-29-17-23-18-32-12-5-4-11-27(32)30-23/h2-5,9-15,18,29H,6-8,16-17H2,1H3. The van der Waals surface area contributed by atoms with Gasteiger partial charge in [0, 0.05) is 36.4 Å². The van der Waals surface area contributed by atoms with Gasteiger partial charge in [-0.05, 0) is 78.4 Å². The first kappa shape index (κ1) is 19.9. The lowest BCUT2D eigenvalue weighted by Crippen LogP contribution is -2.14. The van der Waals surface area contributed by atoms with Crippen LogP contribution >= 0.6 is 0 Å². The largest absolute Gasteiger partial charge is 0.496 e. The van der Waals surface area contributed by atoms with E-state index in [1.165, 1.54) is 29.4 Å². The van der Waals surface area contributed by atoms with Crippen LogP contribution < -0.4 is 10.1 Å². The second kappa shape index (κ2) is 8.34. The van der Waals surface area contributed by atoms with E-state index in [1.54, 1.807) is 7.11 Å². The zero-order valence-corrected chi connectivity index (χ0v) is 18.7. The molecule has 2 aromatic carbocycles. The van der Waals surface area contributed by atoms with E-state index in [4.69, 9.17) is 14.7 Å². The van der Waals surface area contributed by atoms with Crippen LogP contribution in [-0.4, -0.2) is 21.5 Å². The fourth-order valence-corrected chi connectivity index (χ4v) is 4.90. The highest BCUT2D eigenvalue weighted by molar-refractivity contribution is 5.86. The number of hydrogen-bond donors (Lipinski definition) is 1. The lowest BCUT2D eigenvalue weighted by molar-refractivity contribution is 0.416. The molecule has 0 fully saturated rings. The van der Waals surface area contributed by atoms with E-state index < -0.39 is 0 Å². The molecule has 0 radical (unpaired) electrons. The summed E-state index contributed by atoms with van der Waals surface area (Å²) in [5.41, 5.74) is 9.11. The maximum atomic E-state index is 5.68. The number of nitrogens with zero attached hydrogens (tertiary/aromatic N) is 3. The van der Waals surface area contributed by atoms with Crippen LogP contribution in [0.25, 0.3) is 27.8 Å². The summed E-state index contributed by atoms with van der Waals surface area (Å²) in [6.07, 6.45) is 7.65. The lowest BCUT2D eigenvalue weighted by Gasteiger charge is -2.15. The summed E-state index contributed by atoms with van der Waals surface area (Å²) in [4.78, 5) is 9.86. The van der Waals surface area contributed by atoms with Crippen LogP contribution in [0.1, 0.15) is 28.8 Å². The number of aromatic nitrogens is 3. The van der Waals surface area contributed by atoms with Gasteiger partial charge in [0.2, 0.25) is 0 Å². The number of methoxy groups -OCH3 is 1. The fraction of sp³-hybridized carbons (Fsp3) is 0.214. The van der Waals surface area contributed by atoms with Gasteiger partial charge in [-0.1, -0.05) is 18.2 Å². The predicted octanol–water partition coefficient (Wildman–Crippen LogP) is 5.34. The maximum Gasteiger partial charge on any atom is 0.137 e. The van der Waals surface area contributed by atoms with Gasteiger partial charge in [0.25, 0.3) is 0 Å². The van der Waals surface area contributed by atoms with Gasteiger partial charge in [-0.15, -0.1) is 0 Å². The van der Waals surface area contributed by atoms with E-state index in [0.29, 0.717) is 13.1 Å². The Labute approximate surface area is 193 Å². The quantitative estimate of drug-likeness (QED) is 0.392. The SMILES string of the molecule is COc1ccccc1-c1nc2cc3c(cc2cc1CNCc1cn2ccccc2n1)CCC3. The Morgan fingerprint density at radius 3 is 2.67 bits per heavy atom. The van der Waals surface area contributed by atoms with Crippen molar-refractivity contribution in [3.63, 3.8) is 0 Å². The highest BCUT2D eigenvalue weighted by Crippen LogP contribution is 2.34. The van der Waals surface area contributed by atoms with Crippen LogP contribution in [0.5, 0.6) is 5.75 Å². The first-order valence-corrected chi connectivity index (χ1v) is 11.5. The minimum Gasteiger partial charge on any atom is -0.496 e. The molecule has 3 aromatic heterocycles. The molecule has 164 valence electrons. The van der Waals surface area contributed by atoms with Crippen molar-refractivity contribution in [1.29, 1.82) is 0 Å². The third-order valence-corrected chi connectivity index (χ3v) is 6.50. The summed E-state index contributed by atoms with van der Waals surface area (Å²) in [6, 6.07) is 21.1. The minimum absolute atomic E-state index is 0.690. The van der Waals surface area contributed by atoms with Gasteiger partial charge in [-0.3, -0.25) is 0 Å². The number of benzene rings is 2. The summed E-state index contributed by atoms with van der Waals surface area (Å²) in [6.45, 7) is 1.39. The van der Waals surface area contributed by atoms with Gasteiger partial charge in [0.1, 0.15) is 11.4 Å². The molecule has 5 nitrogen and oxygen atoms in total. The molecular weight excluding hydrogens is 408 g/mol. The summed E-state index contributed by atoms with van der Waals surface area (Å²) in [7, 11) is 1.72. The molecule has 0 atom stereocenters. The Balaban J connectivity index is 1.37. The topological polar surface area (TPSA) is 51.5 Å². The van der Waals surface area contributed by atoms with Crippen molar-refractivity contribution in [2.45, 2.75) is 32.4 Å². The van der Waals surface area contributed by atoms with Crippen molar-refractivity contribution < 1.29 is 4.74 Å². The molecule has 1 aliphatic carbocycles. The van der Waals surface area contributed by atoms with Crippen LogP contribution in [0.4, 0.5) is 0 Å². The molecule has 0 amide bonds. The number of rotatable bonds is 6. The number of hydrogen-bond acceptors (Lipinski definition) is 4. The average molecular weight is 435 g/mol. The number of aryl methyl sites for hydroxylation is 2. The average Bonchev–Trinajstić information content (AvgIpc) is 3.48. The Kier molecular flexibility index (Phi) is 5.04. The van der Waals surface area contributed by atoms with E-state index in [1.807, 2.05) is 42.6 Å². The first-order chi connectivity index (χ1) is 16.3. The molecule has 3 heterocycles. The molecule has 0 spiro atoms. The molecular formula is C28H26N4O.